The molecule has 1 heterocycles. The van der Waals surface area contributed by atoms with Gasteiger partial charge in [-0.3, -0.25) is 0 Å². The lowest BCUT2D eigenvalue weighted by Gasteiger charge is -2.26. The van der Waals surface area contributed by atoms with Gasteiger partial charge in [0.1, 0.15) is 0 Å². The molecule has 0 aromatic rings. The molecule has 1 unspecified atom stereocenters. The fourth-order valence-corrected chi connectivity index (χ4v) is 1.62. The number of carbonyl (C=O) groups excluding carboxylic acids is 2. The molecule has 0 bridgehead atoms. The lowest BCUT2D eigenvalue weighted by molar-refractivity contribution is -0.138. The normalized spacial score (nSPS) is 20.7. The number of nitrogens with one attached hydrogen (secondary N) is 2. The van der Waals surface area contributed by atoms with Gasteiger partial charge < -0.3 is 15.4 Å². The number of rotatable bonds is 3. The highest BCUT2D eigenvalue weighted by Gasteiger charge is 2.29. The van der Waals surface area contributed by atoms with Gasteiger partial charge >= 0.3 is 12.0 Å². The second-order valence-corrected chi connectivity index (χ2v) is 3.37. The molecular formula is C9H13ClN2O3. The lowest BCUT2D eigenvalue weighted by Crippen LogP contribution is -2.50. The summed E-state index contributed by atoms with van der Waals surface area (Å²) in [4.78, 5) is 22.7. The Balaban J connectivity index is 2.93. The number of esters is 1. The minimum Gasteiger partial charge on any atom is -0.463 e. The van der Waals surface area contributed by atoms with Crippen LogP contribution in [-0.4, -0.2) is 30.5 Å². The summed E-state index contributed by atoms with van der Waals surface area (Å²) in [6.45, 7) is 3.65. The predicted octanol–water partition coefficient (Wildman–Crippen LogP) is 0.744. The summed E-state index contributed by atoms with van der Waals surface area (Å²) in [5.74, 6) is -0.313. The van der Waals surface area contributed by atoms with Crippen LogP contribution >= 0.6 is 11.6 Å². The number of allylic oxidation sites excluding steroid dienone is 1. The summed E-state index contributed by atoms with van der Waals surface area (Å²) in [6.07, 6.45) is 0. The molecule has 0 aliphatic carbocycles. The smallest absolute Gasteiger partial charge is 0.337 e. The molecule has 2 amide bonds. The van der Waals surface area contributed by atoms with E-state index in [9.17, 15) is 9.59 Å². The quantitative estimate of drug-likeness (QED) is 0.557. The maximum absolute atomic E-state index is 11.6. The Morgan fingerprint density at radius 1 is 1.60 bits per heavy atom. The van der Waals surface area contributed by atoms with Crippen LogP contribution in [-0.2, 0) is 9.53 Å². The predicted molar refractivity (Wildman–Crippen MR) is 55.5 cm³/mol. The largest absolute Gasteiger partial charge is 0.463 e. The van der Waals surface area contributed by atoms with Crippen molar-refractivity contribution in [2.24, 2.45) is 0 Å². The van der Waals surface area contributed by atoms with Crippen molar-refractivity contribution >= 4 is 23.6 Å². The first kappa shape index (κ1) is 11.8. The Morgan fingerprint density at radius 3 is 2.80 bits per heavy atom. The van der Waals surface area contributed by atoms with Crippen molar-refractivity contribution in [3.8, 4) is 0 Å². The first-order valence-corrected chi connectivity index (χ1v) is 5.15. The molecule has 2 N–H and O–H groups in total. The molecule has 1 aliphatic heterocycles. The molecule has 5 nitrogen and oxygen atoms in total. The molecule has 1 atom stereocenters. The van der Waals surface area contributed by atoms with Gasteiger partial charge in [-0.05, 0) is 13.8 Å². The molecular weight excluding hydrogens is 220 g/mol. The van der Waals surface area contributed by atoms with Crippen molar-refractivity contribution in [2.45, 2.75) is 19.9 Å². The summed E-state index contributed by atoms with van der Waals surface area (Å²) in [6, 6.07) is -0.842. The van der Waals surface area contributed by atoms with Gasteiger partial charge in [-0.15, -0.1) is 11.6 Å². The molecule has 84 valence electrons. The van der Waals surface area contributed by atoms with Crippen molar-refractivity contribution in [3.05, 3.63) is 11.3 Å². The van der Waals surface area contributed by atoms with E-state index in [0.29, 0.717) is 17.9 Å². The van der Waals surface area contributed by atoms with Crippen LogP contribution in [0.5, 0.6) is 0 Å². The van der Waals surface area contributed by atoms with E-state index in [2.05, 4.69) is 10.6 Å². The first-order chi connectivity index (χ1) is 7.10. The van der Waals surface area contributed by atoms with E-state index in [1.54, 1.807) is 13.8 Å². The van der Waals surface area contributed by atoms with E-state index in [0.717, 1.165) is 0 Å². The Labute approximate surface area is 92.8 Å². The van der Waals surface area contributed by atoms with E-state index in [4.69, 9.17) is 16.3 Å². The molecule has 0 radical (unpaired) electrons. The van der Waals surface area contributed by atoms with Crippen LogP contribution in [0.3, 0.4) is 0 Å². The van der Waals surface area contributed by atoms with Crippen molar-refractivity contribution in [2.75, 3.05) is 12.5 Å². The van der Waals surface area contributed by atoms with Crippen LogP contribution in [0.4, 0.5) is 4.79 Å². The monoisotopic (exact) mass is 232 g/mol. The molecule has 1 aliphatic rings. The second kappa shape index (κ2) is 5.02. The van der Waals surface area contributed by atoms with Gasteiger partial charge in [0.15, 0.2) is 0 Å². The summed E-state index contributed by atoms with van der Waals surface area (Å²) in [7, 11) is 0. The molecule has 0 aromatic carbocycles. The minimum absolute atomic E-state index is 0.138. The summed E-state index contributed by atoms with van der Waals surface area (Å²) >= 11 is 5.67. The highest BCUT2D eigenvalue weighted by molar-refractivity contribution is 6.19. The number of hydrogen-bond donors (Lipinski definition) is 2. The Bertz CT molecular complexity index is 314. The average molecular weight is 233 g/mol. The number of hydrogen-bond acceptors (Lipinski definition) is 3. The highest BCUT2D eigenvalue weighted by atomic mass is 35.5. The molecule has 0 spiro atoms. The second-order valence-electron chi connectivity index (χ2n) is 3.06. The Morgan fingerprint density at radius 2 is 2.27 bits per heavy atom. The van der Waals surface area contributed by atoms with Crippen LogP contribution in [0, 0.1) is 0 Å². The fourth-order valence-electron chi connectivity index (χ4n) is 1.39. The van der Waals surface area contributed by atoms with Gasteiger partial charge in [-0.2, -0.15) is 0 Å². The zero-order valence-corrected chi connectivity index (χ0v) is 9.35. The maximum Gasteiger partial charge on any atom is 0.337 e. The van der Waals surface area contributed by atoms with Crippen LogP contribution in [0.25, 0.3) is 0 Å². The van der Waals surface area contributed by atoms with E-state index in [-0.39, 0.29) is 11.9 Å². The number of alkyl halides is 1. The summed E-state index contributed by atoms with van der Waals surface area (Å²) < 4.78 is 4.87. The average Bonchev–Trinajstić information content (AvgIpc) is 2.16. The lowest BCUT2D eigenvalue weighted by atomic mass is 10.1. The summed E-state index contributed by atoms with van der Waals surface area (Å²) in [5, 5.41) is 5.05. The van der Waals surface area contributed by atoms with Crippen LogP contribution < -0.4 is 10.6 Å². The molecule has 0 aromatic heterocycles. The number of ether oxygens (including phenoxy) is 1. The van der Waals surface area contributed by atoms with E-state index < -0.39 is 12.0 Å². The zero-order valence-electron chi connectivity index (χ0n) is 8.59. The molecule has 15 heavy (non-hydrogen) atoms. The van der Waals surface area contributed by atoms with Crippen LogP contribution in [0.15, 0.2) is 11.3 Å². The molecule has 0 fully saturated rings. The van der Waals surface area contributed by atoms with Gasteiger partial charge in [-0.1, -0.05) is 0 Å². The van der Waals surface area contributed by atoms with Crippen molar-refractivity contribution in [1.29, 1.82) is 0 Å². The Kier molecular flexibility index (Phi) is 3.96. The molecule has 0 saturated heterocycles. The third-order valence-electron chi connectivity index (χ3n) is 2.01. The van der Waals surface area contributed by atoms with Crippen LogP contribution in [0.2, 0.25) is 0 Å². The van der Waals surface area contributed by atoms with Gasteiger partial charge in [-0.25, -0.2) is 9.59 Å². The van der Waals surface area contributed by atoms with Crippen molar-refractivity contribution < 1.29 is 14.3 Å². The Hall–Kier alpha value is -1.23. The number of amides is 2. The third kappa shape index (κ3) is 2.62. The van der Waals surface area contributed by atoms with Gasteiger partial charge in [0.25, 0.3) is 0 Å². The maximum atomic E-state index is 11.6. The summed E-state index contributed by atoms with van der Waals surface area (Å²) in [5.41, 5.74) is 0.870. The topological polar surface area (TPSA) is 67.4 Å². The van der Waals surface area contributed by atoms with Gasteiger partial charge in [0, 0.05) is 11.6 Å². The number of halogens is 1. The minimum atomic E-state index is -0.487. The first-order valence-electron chi connectivity index (χ1n) is 4.61. The number of carbonyl (C=O) groups is 2. The van der Waals surface area contributed by atoms with Gasteiger partial charge in [0.2, 0.25) is 0 Å². The standard InChI is InChI=1S/C9H13ClN2O3/c1-3-15-8(13)7-5(2)11-9(14)12-6(7)4-10/h6H,3-4H2,1-2H3,(H2,11,12,14). The van der Waals surface area contributed by atoms with Crippen molar-refractivity contribution in [3.63, 3.8) is 0 Å². The highest BCUT2D eigenvalue weighted by Crippen LogP contribution is 2.14. The third-order valence-corrected chi connectivity index (χ3v) is 2.32. The van der Waals surface area contributed by atoms with E-state index >= 15 is 0 Å². The zero-order chi connectivity index (χ0) is 11.4. The van der Waals surface area contributed by atoms with Gasteiger partial charge in [0.05, 0.1) is 18.2 Å². The van der Waals surface area contributed by atoms with E-state index in [1.807, 2.05) is 0 Å². The van der Waals surface area contributed by atoms with E-state index in [1.165, 1.54) is 0 Å². The molecule has 1 rings (SSSR count). The van der Waals surface area contributed by atoms with Crippen LogP contribution in [0.1, 0.15) is 13.8 Å². The molecule has 6 heteroatoms. The van der Waals surface area contributed by atoms with Crippen molar-refractivity contribution in [1.82, 2.24) is 10.6 Å². The number of urea groups is 1. The fraction of sp³-hybridized carbons (Fsp3) is 0.556. The molecule has 0 saturated carbocycles. The SMILES string of the molecule is CCOC(=O)C1=C(C)NC(=O)NC1CCl.